The quantitative estimate of drug-likeness (QED) is 0.714. The molecule has 2 N–H and O–H groups in total. The summed E-state index contributed by atoms with van der Waals surface area (Å²) in [6, 6.07) is 5.70. The smallest absolute Gasteiger partial charge is 0.309 e. The van der Waals surface area contributed by atoms with Gasteiger partial charge in [0, 0.05) is 0 Å². The number of carboxylic acid groups (broad SMARTS) is 1. The van der Waals surface area contributed by atoms with Crippen LogP contribution in [0.3, 0.4) is 0 Å². The van der Waals surface area contributed by atoms with Gasteiger partial charge < -0.3 is 15.2 Å². The van der Waals surface area contributed by atoms with Gasteiger partial charge in [-0.1, -0.05) is 17.7 Å². The van der Waals surface area contributed by atoms with Gasteiger partial charge in [-0.25, -0.2) is 4.68 Å². The SMILES string of the molecule is COc1ccc(C)cc1Nc1cnn(C23CC4CC(CC(C(=O)O)(C4)C2)C3)c(=O)c1Cl. The number of ether oxygens (including phenoxy) is 1. The molecule has 31 heavy (non-hydrogen) atoms. The second-order valence-corrected chi connectivity index (χ2v) is 10.1. The summed E-state index contributed by atoms with van der Waals surface area (Å²) >= 11 is 6.53. The standard InChI is InChI=1S/C23H26ClN3O4/c1-13-3-4-18(31-2)16(5-13)26-17-11-25-27(20(28)19(17)24)23-9-14-6-15(10-23)8-22(7-14,12-23)21(29)30/h3-5,11,14-15,26H,6-10,12H2,1-2H3,(H,29,30). The van der Waals surface area contributed by atoms with Gasteiger partial charge in [-0.05, 0) is 75.0 Å². The first kappa shape index (κ1) is 20.4. The minimum absolute atomic E-state index is 0.0543. The normalized spacial score (nSPS) is 30.9. The Kier molecular flexibility index (Phi) is 4.59. The highest BCUT2D eigenvalue weighted by Gasteiger charge is 2.62. The monoisotopic (exact) mass is 443 g/mol. The number of aromatic nitrogens is 2. The maximum Gasteiger partial charge on any atom is 0.309 e. The van der Waals surface area contributed by atoms with Crippen LogP contribution in [0.15, 0.2) is 29.2 Å². The molecule has 1 heterocycles. The Labute approximate surface area is 185 Å². The van der Waals surface area contributed by atoms with Crippen LogP contribution in [-0.2, 0) is 10.3 Å². The van der Waals surface area contributed by atoms with Gasteiger partial charge in [-0.2, -0.15) is 5.10 Å². The Balaban J connectivity index is 1.53. The van der Waals surface area contributed by atoms with Gasteiger partial charge in [0.05, 0.1) is 35.6 Å². The number of aliphatic carboxylic acids is 1. The highest BCUT2D eigenvalue weighted by molar-refractivity contribution is 6.33. The van der Waals surface area contributed by atoms with Crippen LogP contribution in [0.25, 0.3) is 0 Å². The van der Waals surface area contributed by atoms with Gasteiger partial charge in [0.2, 0.25) is 0 Å². The van der Waals surface area contributed by atoms with E-state index in [4.69, 9.17) is 16.3 Å². The largest absolute Gasteiger partial charge is 0.495 e. The maximum atomic E-state index is 13.3. The zero-order valence-electron chi connectivity index (χ0n) is 17.7. The van der Waals surface area contributed by atoms with Gasteiger partial charge in [0.1, 0.15) is 10.8 Å². The second-order valence-electron chi connectivity index (χ2n) is 9.69. The van der Waals surface area contributed by atoms with Crippen LogP contribution < -0.4 is 15.6 Å². The summed E-state index contributed by atoms with van der Waals surface area (Å²) < 4.78 is 6.89. The van der Waals surface area contributed by atoms with E-state index in [0.717, 1.165) is 24.8 Å². The molecule has 6 rings (SSSR count). The minimum Gasteiger partial charge on any atom is -0.495 e. The first-order valence-electron chi connectivity index (χ1n) is 10.7. The molecule has 0 aliphatic heterocycles. The number of hydrogen-bond acceptors (Lipinski definition) is 5. The molecule has 7 nitrogen and oxygen atoms in total. The van der Waals surface area contributed by atoms with Crippen molar-refractivity contribution in [1.29, 1.82) is 0 Å². The van der Waals surface area contributed by atoms with E-state index in [2.05, 4.69) is 10.4 Å². The molecule has 0 spiro atoms. The topological polar surface area (TPSA) is 93.4 Å². The summed E-state index contributed by atoms with van der Waals surface area (Å²) in [5.41, 5.74) is 0.452. The van der Waals surface area contributed by atoms with Crippen LogP contribution in [0.1, 0.15) is 44.1 Å². The number of nitrogens with zero attached hydrogens (tertiary/aromatic N) is 2. The Hall–Kier alpha value is -2.54. The fourth-order valence-electron chi connectivity index (χ4n) is 6.63. The third-order valence-electron chi connectivity index (χ3n) is 7.48. The van der Waals surface area contributed by atoms with E-state index >= 15 is 0 Å². The molecule has 1 aromatic heterocycles. The number of halogens is 1. The lowest BCUT2D eigenvalue weighted by molar-refractivity contribution is -0.173. The van der Waals surface area contributed by atoms with E-state index in [1.165, 1.54) is 4.68 Å². The van der Waals surface area contributed by atoms with E-state index in [-0.39, 0.29) is 10.6 Å². The summed E-state index contributed by atoms with van der Waals surface area (Å²) in [6.07, 6.45) is 6.06. The van der Waals surface area contributed by atoms with Crippen LogP contribution in [-0.4, -0.2) is 28.0 Å². The molecule has 0 radical (unpaired) electrons. The Morgan fingerprint density at radius 1 is 1.26 bits per heavy atom. The molecule has 8 heteroatoms. The van der Waals surface area contributed by atoms with Crippen molar-refractivity contribution in [2.75, 3.05) is 12.4 Å². The number of anilines is 2. The number of rotatable bonds is 5. The molecule has 4 aliphatic rings. The molecule has 4 bridgehead atoms. The Bertz CT molecular complexity index is 1110. The molecule has 4 aliphatic carbocycles. The first-order chi connectivity index (χ1) is 14.7. The molecule has 4 saturated carbocycles. The minimum atomic E-state index is -0.746. The summed E-state index contributed by atoms with van der Waals surface area (Å²) in [5, 5.41) is 17.7. The van der Waals surface area contributed by atoms with Crippen molar-refractivity contribution in [3.05, 3.63) is 45.3 Å². The van der Waals surface area contributed by atoms with Crippen LogP contribution >= 0.6 is 11.6 Å². The number of carboxylic acids is 1. The van der Waals surface area contributed by atoms with Gasteiger partial charge in [-0.15, -0.1) is 0 Å². The van der Waals surface area contributed by atoms with E-state index in [0.29, 0.717) is 48.2 Å². The van der Waals surface area contributed by atoms with Crippen molar-refractivity contribution in [3.63, 3.8) is 0 Å². The Morgan fingerprint density at radius 2 is 1.97 bits per heavy atom. The predicted octanol–water partition coefficient (Wildman–Crippen LogP) is 4.34. The van der Waals surface area contributed by atoms with Crippen LogP contribution in [0.4, 0.5) is 11.4 Å². The van der Waals surface area contributed by atoms with E-state index in [1.54, 1.807) is 13.3 Å². The van der Waals surface area contributed by atoms with Crippen LogP contribution in [0, 0.1) is 24.2 Å². The van der Waals surface area contributed by atoms with Crippen molar-refractivity contribution in [2.45, 2.75) is 51.0 Å². The zero-order valence-corrected chi connectivity index (χ0v) is 18.4. The number of benzene rings is 1. The van der Waals surface area contributed by atoms with Crippen molar-refractivity contribution in [2.24, 2.45) is 17.3 Å². The van der Waals surface area contributed by atoms with Crippen molar-refractivity contribution >= 4 is 28.9 Å². The lowest BCUT2D eigenvalue weighted by Crippen LogP contribution is -2.61. The lowest BCUT2D eigenvalue weighted by Gasteiger charge is -2.60. The molecule has 0 amide bonds. The van der Waals surface area contributed by atoms with E-state index < -0.39 is 16.9 Å². The van der Waals surface area contributed by atoms with Crippen molar-refractivity contribution in [3.8, 4) is 5.75 Å². The molecule has 2 atom stereocenters. The van der Waals surface area contributed by atoms with Crippen molar-refractivity contribution < 1.29 is 14.6 Å². The molecule has 2 aromatic rings. The van der Waals surface area contributed by atoms with Gasteiger partial charge in [0.15, 0.2) is 0 Å². The average Bonchev–Trinajstić information content (AvgIpc) is 2.70. The number of carbonyl (C=O) groups is 1. The Morgan fingerprint density at radius 3 is 2.61 bits per heavy atom. The number of aryl methyl sites for hydroxylation is 1. The summed E-state index contributed by atoms with van der Waals surface area (Å²) in [4.78, 5) is 25.5. The summed E-state index contributed by atoms with van der Waals surface area (Å²) in [7, 11) is 1.58. The molecule has 0 saturated heterocycles. The van der Waals surface area contributed by atoms with E-state index in [1.807, 2.05) is 25.1 Å². The van der Waals surface area contributed by atoms with Crippen LogP contribution in [0.2, 0.25) is 5.02 Å². The fourth-order valence-corrected chi connectivity index (χ4v) is 6.81. The first-order valence-corrected chi connectivity index (χ1v) is 11.1. The summed E-state index contributed by atoms with van der Waals surface area (Å²) in [6.45, 7) is 1.97. The van der Waals surface area contributed by atoms with Crippen molar-refractivity contribution in [1.82, 2.24) is 9.78 Å². The highest BCUT2D eigenvalue weighted by Crippen LogP contribution is 2.63. The third kappa shape index (κ3) is 3.13. The zero-order chi connectivity index (χ0) is 22.0. The van der Waals surface area contributed by atoms with Crippen LogP contribution in [0.5, 0.6) is 5.75 Å². The highest BCUT2D eigenvalue weighted by atomic mass is 35.5. The molecule has 1 aromatic carbocycles. The number of methoxy groups -OCH3 is 1. The second kappa shape index (κ2) is 6.99. The van der Waals surface area contributed by atoms with Gasteiger partial charge >= 0.3 is 5.97 Å². The van der Waals surface area contributed by atoms with Gasteiger partial charge in [-0.3, -0.25) is 9.59 Å². The number of hydrogen-bond donors (Lipinski definition) is 2. The summed E-state index contributed by atoms with van der Waals surface area (Å²) in [5.74, 6) is 0.531. The van der Waals surface area contributed by atoms with E-state index in [9.17, 15) is 14.7 Å². The number of nitrogens with one attached hydrogen (secondary N) is 1. The molecule has 4 fully saturated rings. The maximum absolute atomic E-state index is 13.3. The van der Waals surface area contributed by atoms with Gasteiger partial charge in [0.25, 0.3) is 5.56 Å². The predicted molar refractivity (Wildman–Crippen MR) is 117 cm³/mol. The fraction of sp³-hybridized carbons (Fsp3) is 0.522. The molecular formula is C23H26ClN3O4. The molecule has 2 unspecified atom stereocenters. The molecule has 164 valence electrons. The average molecular weight is 444 g/mol. The lowest BCUT2D eigenvalue weighted by atomic mass is 9.47. The molecular weight excluding hydrogens is 418 g/mol. The third-order valence-corrected chi connectivity index (χ3v) is 7.84.